The second-order valence-electron chi connectivity index (χ2n) is 8.08. The van der Waals surface area contributed by atoms with Crippen LogP contribution < -0.4 is 9.46 Å². The van der Waals surface area contributed by atoms with Crippen molar-refractivity contribution in [3.63, 3.8) is 0 Å². The summed E-state index contributed by atoms with van der Waals surface area (Å²) < 4.78 is 48.9. The number of halogens is 1. The molecule has 0 saturated carbocycles. The molecule has 6 nitrogen and oxygen atoms in total. The smallest absolute Gasteiger partial charge is 0.266 e. The summed E-state index contributed by atoms with van der Waals surface area (Å²) in [5.41, 5.74) is 1.97. The molecular formula is C23H24FN3O3S2. The molecule has 2 aromatic carbocycles. The number of thiazole rings is 1. The Kier molecular flexibility index (Phi) is 5.88. The highest BCUT2D eigenvalue weighted by molar-refractivity contribution is 7.93. The number of anilines is 1. The zero-order valence-corrected chi connectivity index (χ0v) is 19.0. The van der Waals surface area contributed by atoms with Gasteiger partial charge in [0.05, 0.1) is 6.61 Å². The molecule has 1 saturated heterocycles. The number of sulfonamides is 1. The minimum atomic E-state index is -4.11. The molecule has 2 atom stereocenters. The first-order chi connectivity index (χ1) is 15.5. The van der Waals surface area contributed by atoms with Gasteiger partial charge in [0.1, 0.15) is 16.5 Å². The first kappa shape index (κ1) is 21.4. The molecule has 168 valence electrons. The van der Waals surface area contributed by atoms with Crippen LogP contribution in [0.25, 0.3) is 0 Å². The van der Waals surface area contributed by atoms with Gasteiger partial charge in [0, 0.05) is 41.7 Å². The van der Waals surface area contributed by atoms with Crippen molar-refractivity contribution in [2.75, 3.05) is 17.9 Å². The van der Waals surface area contributed by atoms with Crippen molar-refractivity contribution in [1.82, 2.24) is 9.88 Å². The van der Waals surface area contributed by atoms with E-state index in [9.17, 15) is 8.42 Å². The zero-order chi connectivity index (χ0) is 22.1. The van der Waals surface area contributed by atoms with Crippen molar-refractivity contribution >= 4 is 26.5 Å². The number of hydrogen-bond acceptors (Lipinski definition) is 6. The van der Waals surface area contributed by atoms with Crippen LogP contribution in [0.1, 0.15) is 48.9 Å². The SMILES string of the molecule is O=S(=O)(Nc1nccs1)c1cc2c(cc1F)[C@H](N1CCCC[C@H]1c1ccccc1)CCO2. The molecule has 1 fully saturated rings. The van der Waals surface area contributed by atoms with Gasteiger partial charge >= 0.3 is 0 Å². The Hall–Kier alpha value is -2.49. The van der Waals surface area contributed by atoms with Crippen molar-refractivity contribution < 1.29 is 17.5 Å². The van der Waals surface area contributed by atoms with Crippen molar-refractivity contribution in [1.29, 1.82) is 0 Å². The number of aromatic nitrogens is 1. The summed E-state index contributed by atoms with van der Waals surface area (Å²) >= 11 is 1.13. The van der Waals surface area contributed by atoms with Crippen LogP contribution in [-0.2, 0) is 10.0 Å². The van der Waals surface area contributed by atoms with Gasteiger partial charge in [0.15, 0.2) is 5.13 Å². The molecule has 32 heavy (non-hydrogen) atoms. The molecule has 0 radical (unpaired) electrons. The van der Waals surface area contributed by atoms with Crippen LogP contribution in [0.3, 0.4) is 0 Å². The lowest BCUT2D eigenvalue weighted by Gasteiger charge is -2.43. The van der Waals surface area contributed by atoms with Gasteiger partial charge in [-0.05, 0) is 31.0 Å². The second kappa shape index (κ2) is 8.80. The highest BCUT2D eigenvalue weighted by Gasteiger charge is 2.35. The van der Waals surface area contributed by atoms with Gasteiger partial charge in [-0.2, -0.15) is 0 Å². The summed E-state index contributed by atoms with van der Waals surface area (Å²) in [5.74, 6) is -0.351. The summed E-state index contributed by atoms with van der Waals surface area (Å²) in [6.07, 6.45) is 5.51. The number of nitrogens with zero attached hydrogens (tertiary/aromatic N) is 2. The number of fused-ring (bicyclic) bond motifs is 1. The Morgan fingerprint density at radius 1 is 1.12 bits per heavy atom. The lowest BCUT2D eigenvalue weighted by molar-refractivity contribution is 0.0665. The normalized spacial score (nSPS) is 21.5. The Bertz CT molecular complexity index is 1190. The summed E-state index contributed by atoms with van der Waals surface area (Å²) in [7, 11) is -4.11. The van der Waals surface area contributed by atoms with E-state index in [1.54, 1.807) is 5.38 Å². The topological polar surface area (TPSA) is 71.5 Å². The van der Waals surface area contributed by atoms with Gasteiger partial charge in [-0.15, -0.1) is 11.3 Å². The number of benzene rings is 2. The molecule has 0 spiro atoms. The number of nitrogens with one attached hydrogen (secondary N) is 1. The van der Waals surface area contributed by atoms with Gasteiger partial charge < -0.3 is 4.74 Å². The summed E-state index contributed by atoms with van der Waals surface area (Å²) in [6, 6.07) is 13.3. The van der Waals surface area contributed by atoms with Crippen LogP contribution in [0.4, 0.5) is 9.52 Å². The van der Waals surface area contributed by atoms with Gasteiger partial charge in [-0.25, -0.2) is 17.8 Å². The van der Waals surface area contributed by atoms with E-state index >= 15 is 4.39 Å². The van der Waals surface area contributed by atoms with Crippen molar-refractivity contribution in [3.05, 3.63) is 71.0 Å². The molecule has 0 amide bonds. The summed E-state index contributed by atoms with van der Waals surface area (Å²) in [6.45, 7) is 1.37. The minimum Gasteiger partial charge on any atom is -0.493 e. The highest BCUT2D eigenvalue weighted by Crippen LogP contribution is 2.44. The predicted molar refractivity (Wildman–Crippen MR) is 122 cm³/mol. The minimum absolute atomic E-state index is 0.0255. The van der Waals surface area contributed by atoms with Gasteiger partial charge in [-0.3, -0.25) is 9.62 Å². The van der Waals surface area contributed by atoms with Gasteiger partial charge in [-0.1, -0.05) is 36.8 Å². The fourth-order valence-electron chi connectivity index (χ4n) is 4.73. The Morgan fingerprint density at radius 3 is 2.75 bits per heavy atom. The number of rotatable bonds is 5. The van der Waals surface area contributed by atoms with E-state index in [4.69, 9.17) is 4.74 Å². The molecular weight excluding hydrogens is 449 g/mol. The molecule has 0 unspecified atom stereocenters. The lowest BCUT2D eigenvalue weighted by Crippen LogP contribution is -2.39. The summed E-state index contributed by atoms with van der Waals surface area (Å²) in [5, 5.41) is 1.84. The lowest BCUT2D eigenvalue weighted by atomic mass is 9.89. The predicted octanol–water partition coefficient (Wildman–Crippen LogP) is 5.13. The Labute approximate surface area is 191 Å². The number of ether oxygens (including phenoxy) is 1. The standard InChI is InChI=1S/C23H24FN3O3S2/c24-18-14-17-20(27-11-5-4-8-19(27)16-6-2-1-3-7-16)9-12-30-21(17)15-22(18)32(28,29)26-23-25-10-13-31-23/h1-3,6-7,10,13-15,19-20H,4-5,8-9,11-12H2,(H,25,26)/t19-,20+/m0/s1. The Balaban J connectivity index is 1.49. The quantitative estimate of drug-likeness (QED) is 0.556. The first-order valence-corrected chi connectivity index (χ1v) is 13.1. The number of likely N-dealkylation sites (tertiary alicyclic amines) is 1. The largest absolute Gasteiger partial charge is 0.493 e. The fraction of sp³-hybridized carbons (Fsp3) is 0.348. The van der Waals surface area contributed by atoms with Crippen LogP contribution in [-0.4, -0.2) is 31.5 Å². The van der Waals surface area contributed by atoms with Crippen LogP contribution in [0.2, 0.25) is 0 Å². The molecule has 5 rings (SSSR count). The van der Waals surface area contributed by atoms with E-state index in [0.717, 1.165) is 43.6 Å². The third kappa shape index (κ3) is 4.12. The maximum Gasteiger partial charge on any atom is 0.266 e. The van der Waals surface area contributed by atoms with Crippen LogP contribution in [0.5, 0.6) is 5.75 Å². The zero-order valence-electron chi connectivity index (χ0n) is 17.4. The van der Waals surface area contributed by atoms with Crippen LogP contribution in [0, 0.1) is 5.82 Å². The molecule has 2 aliphatic rings. The van der Waals surface area contributed by atoms with Crippen LogP contribution in [0.15, 0.2) is 58.9 Å². The van der Waals surface area contributed by atoms with E-state index in [0.29, 0.717) is 17.9 Å². The van der Waals surface area contributed by atoms with E-state index in [1.165, 1.54) is 23.9 Å². The first-order valence-electron chi connectivity index (χ1n) is 10.7. The summed E-state index contributed by atoms with van der Waals surface area (Å²) in [4.78, 5) is 5.93. The number of hydrogen-bond donors (Lipinski definition) is 1. The molecule has 3 aromatic rings. The van der Waals surface area contributed by atoms with Gasteiger partial charge in [0.25, 0.3) is 10.0 Å². The maximum absolute atomic E-state index is 15.2. The maximum atomic E-state index is 15.2. The molecule has 2 aliphatic heterocycles. The van der Waals surface area contributed by atoms with Crippen molar-refractivity contribution in [2.45, 2.75) is 42.7 Å². The van der Waals surface area contributed by atoms with E-state index in [1.807, 2.05) is 18.2 Å². The Morgan fingerprint density at radius 2 is 1.97 bits per heavy atom. The van der Waals surface area contributed by atoms with E-state index < -0.39 is 20.7 Å². The third-order valence-electron chi connectivity index (χ3n) is 6.14. The number of piperidine rings is 1. The molecule has 1 aromatic heterocycles. The van der Waals surface area contributed by atoms with Gasteiger partial charge in [0.2, 0.25) is 0 Å². The monoisotopic (exact) mass is 473 g/mol. The fourth-order valence-corrected chi connectivity index (χ4v) is 6.59. The van der Waals surface area contributed by atoms with Crippen molar-refractivity contribution in [3.8, 4) is 5.75 Å². The van der Waals surface area contributed by atoms with E-state index in [2.05, 4.69) is 26.7 Å². The average Bonchev–Trinajstić information content (AvgIpc) is 3.31. The average molecular weight is 474 g/mol. The second-order valence-corrected chi connectivity index (χ2v) is 10.6. The molecule has 9 heteroatoms. The molecule has 3 heterocycles. The van der Waals surface area contributed by atoms with Crippen molar-refractivity contribution in [2.24, 2.45) is 0 Å². The molecule has 0 bridgehead atoms. The third-order valence-corrected chi connectivity index (χ3v) is 8.32. The molecule has 0 aliphatic carbocycles. The van der Waals surface area contributed by atoms with Crippen LogP contribution >= 0.6 is 11.3 Å². The molecule has 1 N–H and O–H groups in total. The highest BCUT2D eigenvalue weighted by atomic mass is 32.2. The van der Waals surface area contributed by atoms with E-state index in [-0.39, 0.29) is 17.2 Å².